The van der Waals surface area contributed by atoms with Gasteiger partial charge >= 0.3 is 0 Å². The zero-order chi connectivity index (χ0) is 21.7. The summed E-state index contributed by atoms with van der Waals surface area (Å²) in [5, 5.41) is 2.99. The van der Waals surface area contributed by atoms with Crippen molar-refractivity contribution in [2.45, 2.75) is 32.2 Å². The van der Waals surface area contributed by atoms with E-state index in [9.17, 15) is 14.4 Å². The molecule has 0 aromatic heterocycles. The molecule has 0 bridgehead atoms. The Bertz CT molecular complexity index is 925. The van der Waals surface area contributed by atoms with Crippen LogP contribution in [0.25, 0.3) is 0 Å². The lowest BCUT2D eigenvalue weighted by Gasteiger charge is -2.25. The van der Waals surface area contributed by atoms with Crippen molar-refractivity contribution in [3.8, 4) is 0 Å². The van der Waals surface area contributed by atoms with Crippen LogP contribution in [0.15, 0.2) is 48.5 Å². The van der Waals surface area contributed by atoms with Crippen LogP contribution < -0.4 is 5.32 Å². The Morgan fingerprint density at radius 3 is 2.43 bits per heavy atom. The second kappa shape index (κ2) is 9.67. The van der Waals surface area contributed by atoms with E-state index >= 15 is 0 Å². The minimum Gasteiger partial charge on any atom is -0.355 e. The van der Waals surface area contributed by atoms with E-state index in [1.165, 1.54) is 10.5 Å². The SMILES string of the molecule is Cc1ccc2c(c1)C(=O)N(CCCC(=O)NC[C@H](Cc1ccccc1)N(C)C)C2=O. The summed E-state index contributed by atoms with van der Waals surface area (Å²) in [6.45, 7) is 2.69. The van der Waals surface area contributed by atoms with Gasteiger partial charge in [-0.3, -0.25) is 19.3 Å². The fourth-order valence-electron chi connectivity index (χ4n) is 3.65. The Kier molecular flexibility index (Phi) is 7.00. The first kappa shape index (κ1) is 21.7. The summed E-state index contributed by atoms with van der Waals surface area (Å²) in [5.41, 5.74) is 3.08. The molecule has 6 heteroatoms. The van der Waals surface area contributed by atoms with E-state index in [0.29, 0.717) is 24.1 Å². The van der Waals surface area contributed by atoms with Crippen LogP contribution in [0, 0.1) is 6.92 Å². The number of carbonyl (C=O) groups excluding carboxylic acids is 3. The molecule has 0 radical (unpaired) electrons. The Hall–Kier alpha value is -2.99. The second-order valence-electron chi connectivity index (χ2n) is 8.03. The van der Waals surface area contributed by atoms with Gasteiger partial charge in [0.2, 0.25) is 5.91 Å². The molecule has 0 unspecified atom stereocenters. The first-order valence-electron chi connectivity index (χ1n) is 10.3. The lowest BCUT2D eigenvalue weighted by atomic mass is 10.1. The predicted octanol–water partition coefficient (Wildman–Crippen LogP) is 2.66. The summed E-state index contributed by atoms with van der Waals surface area (Å²) in [7, 11) is 4.01. The lowest BCUT2D eigenvalue weighted by molar-refractivity contribution is -0.121. The highest BCUT2D eigenvalue weighted by molar-refractivity contribution is 6.21. The van der Waals surface area contributed by atoms with Crippen molar-refractivity contribution >= 4 is 17.7 Å². The zero-order valence-corrected chi connectivity index (χ0v) is 17.9. The van der Waals surface area contributed by atoms with E-state index in [2.05, 4.69) is 22.3 Å². The number of aryl methyl sites for hydroxylation is 1. The molecule has 1 atom stereocenters. The van der Waals surface area contributed by atoms with Gasteiger partial charge in [-0.05, 0) is 51.6 Å². The molecule has 3 rings (SSSR count). The van der Waals surface area contributed by atoms with Gasteiger partial charge in [0.1, 0.15) is 0 Å². The molecule has 0 aliphatic carbocycles. The fraction of sp³-hybridized carbons (Fsp3) is 0.375. The summed E-state index contributed by atoms with van der Waals surface area (Å²) in [6.07, 6.45) is 1.57. The maximum Gasteiger partial charge on any atom is 0.261 e. The number of rotatable bonds is 9. The number of likely N-dealkylation sites (N-methyl/N-ethyl adjacent to an activating group) is 1. The highest BCUT2D eigenvalue weighted by Crippen LogP contribution is 2.24. The van der Waals surface area contributed by atoms with Gasteiger partial charge in [0.25, 0.3) is 11.8 Å². The van der Waals surface area contributed by atoms with Crippen molar-refractivity contribution in [2.24, 2.45) is 0 Å². The van der Waals surface area contributed by atoms with Gasteiger partial charge in [-0.2, -0.15) is 0 Å². The van der Waals surface area contributed by atoms with Crippen LogP contribution in [0.4, 0.5) is 0 Å². The largest absolute Gasteiger partial charge is 0.355 e. The normalized spacial score (nSPS) is 14.2. The van der Waals surface area contributed by atoms with Gasteiger partial charge in [-0.25, -0.2) is 0 Å². The van der Waals surface area contributed by atoms with E-state index in [1.54, 1.807) is 12.1 Å². The maximum atomic E-state index is 12.5. The molecular weight excluding hydrogens is 378 g/mol. The summed E-state index contributed by atoms with van der Waals surface area (Å²) in [6, 6.07) is 15.7. The first-order chi connectivity index (χ1) is 14.4. The monoisotopic (exact) mass is 407 g/mol. The van der Waals surface area contributed by atoms with Gasteiger partial charge in [0.05, 0.1) is 11.1 Å². The van der Waals surface area contributed by atoms with Crippen molar-refractivity contribution in [3.63, 3.8) is 0 Å². The van der Waals surface area contributed by atoms with Gasteiger partial charge < -0.3 is 10.2 Å². The van der Waals surface area contributed by atoms with Gasteiger partial charge in [-0.15, -0.1) is 0 Å². The number of hydrogen-bond acceptors (Lipinski definition) is 4. The molecule has 0 fully saturated rings. The van der Waals surface area contributed by atoms with Crippen LogP contribution in [0.2, 0.25) is 0 Å². The second-order valence-corrected chi connectivity index (χ2v) is 8.03. The van der Waals surface area contributed by atoms with Crippen molar-refractivity contribution in [1.82, 2.24) is 15.1 Å². The highest BCUT2D eigenvalue weighted by atomic mass is 16.2. The third kappa shape index (κ3) is 5.13. The number of hydrogen-bond donors (Lipinski definition) is 1. The van der Waals surface area contributed by atoms with Crippen LogP contribution in [0.3, 0.4) is 0 Å². The summed E-state index contributed by atoms with van der Waals surface area (Å²) in [4.78, 5) is 40.6. The van der Waals surface area contributed by atoms with Crippen molar-refractivity contribution in [1.29, 1.82) is 0 Å². The molecule has 0 saturated heterocycles. The molecule has 1 aliphatic heterocycles. The van der Waals surface area contributed by atoms with Crippen LogP contribution in [0.1, 0.15) is 44.7 Å². The zero-order valence-electron chi connectivity index (χ0n) is 17.9. The quantitative estimate of drug-likeness (QED) is 0.649. The van der Waals surface area contributed by atoms with Crippen molar-refractivity contribution in [2.75, 3.05) is 27.2 Å². The molecule has 2 aromatic rings. The van der Waals surface area contributed by atoms with E-state index < -0.39 is 0 Å². The van der Waals surface area contributed by atoms with Gasteiger partial charge in [0, 0.05) is 25.6 Å². The van der Waals surface area contributed by atoms with Crippen molar-refractivity contribution in [3.05, 3.63) is 70.8 Å². The first-order valence-corrected chi connectivity index (χ1v) is 10.3. The smallest absolute Gasteiger partial charge is 0.261 e. The third-order valence-electron chi connectivity index (χ3n) is 5.49. The third-order valence-corrected chi connectivity index (χ3v) is 5.49. The van der Waals surface area contributed by atoms with E-state index in [1.807, 2.05) is 45.3 Å². The minimum absolute atomic E-state index is 0.0673. The summed E-state index contributed by atoms with van der Waals surface area (Å²) >= 11 is 0. The number of nitrogens with zero attached hydrogens (tertiary/aromatic N) is 2. The highest BCUT2D eigenvalue weighted by Gasteiger charge is 2.34. The Balaban J connectivity index is 1.46. The standard InChI is InChI=1S/C24H29N3O3/c1-17-11-12-20-21(14-17)24(30)27(23(20)29)13-7-10-22(28)25-16-19(26(2)3)15-18-8-5-4-6-9-18/h4-6,8-9,11-12,14,19H,7,10,13,15-16H2,1-3H3,(H,25,28)/t19-/m0/s1. The molecule has 0 saturated carbocycles. The topological polar surface area (TPSA) is 69.7 Å². The van der Waals surface area contributed by atoms with Crippen molar-refractivity contribution < 1.29 is 14.4 Å². The molecule has 30 heavy (non-hydrogen) atoms. The molecule has 158 valence electrons. The Morgan fingerprint density at radius 2 is 1.73 bits per heavy atom. The summed E-state index contributed by atoms with van der Waals surface area (Å²) < 4.78 is 0. The van der Waals surface area contributed by atoms with Gasteiger partial charge in [-0.1, -0.05) is 42.0 Å². The van der Waals surface area contributed by atoms with Crippen LogP contribution in [-0.2, 0) is 11.2 Å². The van der Waals surface area contributed by atoms with Crippen LogP contribution in [-0.4, -0.2) is 60.7 Å². The molecular formula is C24H29N3O3. The Labute approximate surface area is 177 Å². The lowest BCUT2D eigenvalue weighted by Crippen LogP contribution is -2.41. The number of nitrogens with one attached hydrogen (secondary N) is 1. The van der Waals surface area contributed by atoms with E-state index in [4.69, 9.17) is 0 Å². The molecule has 3 amide bonds. The van der Waals surface area contributed by atoms with Crippen LogP contribution in [0.5, 0.6) is 0 Å². The molecule has 2 aromatic carbocycles. The fourth-order valence-corrected chi connectivity index (χ4v) is 3.65. The number of carbonyl (C=O) groups is 3. The Morgan fingerprint density at radius 1 is 1.03 bits per heavy atom. The predicted molar refractivity (Wildman–Crippen MR) is 116 cm³/mol. The molecule has 6 nitrogen and oxygen atoms in total. The molecule has 0 spiro atoms. The maximum absolute atomic E-state index is 12.5. The average Bonchev–Trinajstić information content (AvgIpc) is 2.95. The van der Waals surface area contributed by atoms with E-state index in [-0.39, 0.29) is 36.7 Å². The number of imide groups is 1. The molecule has 1 N–H and O–H groups in total. The van der Waals surface area contributed by atoms with Crippen LogP contribution >= 0.6 is 0 Å². The summed E-state index contributed by atoms with van der Waals surface area (Å²) in [5.74, 6) is -0.608. The number of fused-ring (bicyclic) bond motifs is 1. The minimum atomic E-state index is -0.272. The van der Waals surface area contributed by atoms with E-state index in [0.717, 1.165) is 12.0 Å². The average molecular weight is 408 g/mol. The molecule has 1 aliphatic rings. The van der Waals surface area contributed by atoms with Gasteiger partial charge in [0.15, 0.2) is 0 Å². The number of benzene rings is 2. The number of amides is 3. The molecule has 1 heterocycles.